The Morgan fingerprint density at radius 2 is 2.19 bits per heavy atom. The summed E-state index contributed by atoms with van der Waals surface area (Å²) >= 11 is 1.09. The number of aromatic nitrogens is 2. The minimum absolute atomic E-state index is 0.0281. The van der Waals surface area contributed by atoms with E-state index in [9.17, 15) is 9.59 Å². The molecule has 0 fully saturated rings. The lowest BCUT2D eigenvalue weighted by Gasteiger charge is -2.09. The zero-order valence-electron chi connectivity index (χ0n) is 9.43. The van der Waals surface area contributed by atoms with Gasteiger partial charge >= 0.3 is 5.97 Å². The number of rotatable bonds is 4. The molecule has 0 aliphatic rings. The summed E-state index contributed by atoms with van der Waals surface area (Å²) in [5.41, 5.74) is 0.147. The lowest BCUT2D eigenvalue weighted by Crippen LogP contribution is -2.14. The molecule has 0 spiro atoms. The highest BCUT2D eigenvalue weighted by Crippen LogP contribution is 2.20. The van der Waals surface area contributed by atoms with E-state index in [4.69, 9.17) is 5.11 Å². The molecular formula is C10H14N2O3S. The van der Waals surface area contributed by atoms with Crippen molar-refractivity contribution < 1.29 is 14.7 Å². The number of carbonyl (C=O) groups is 2. The normalized spacial score (nSPS) is 10.8. The molecule has 1 N–H and O–H groups in total. The monoisotopic (exact) mass is 242 g/mol. The molecule has 0 atom stereocenters. The van der Waals surface area contributed by atoms with Crippen LogP contribution in [0.3, 0.4) is 0 Å². The molecule has 16 heavy (non-hydrogen) atoms. The molecule has 0 unspecified atom stereocenters. The molecule has 0 saturated carbocycles. The van der Waals surface area contributed by atoms with Crippen molar-refractivity contribution in [1.29, 1.82) is 0 Å². The molecule has 1 rings (SSSR count). The Bertz CT molecular complexity index is 412. The smallest absolute Gasteiger partial charge is 0.339 e. The Labute approximate surface area is 97.8 Å². The molecule has 5 nitrogen and oxygen atoms in total. The van der Waals surface area contributed by atoms with E-state index in [2.05, 4.69) is 5.10 Å². The van der Waals surface area contributed by atoms with Crippen LogP contribution in [-0.2, 0) is 0 Å². The topological polar surface area (TPSA) is 72.2 Å². The molecule has 0 aliphatic carbocycles. The second-order valence-electron chi connectivity index (χ2n) is 3.47. The van der Waals surface area contributed by atoms with Gasteiger partial charge in [-0.1, -0.05) is 18.7 Å². The van der Waals surface area contributed by atoms with E-state index in [0.717, 1.165) is 11.8 Å². The van der Waals surface area contributed by atoms with Crippen LogP contribution in [-0.4, -0.2) is 31.7 Å². The summed E-state index contributed by atoms with van der Waals surface area (Å²) in [6.45, 7) is 5.55. The van der Waals surface area contributed by atoms with E-state index < -0.39 is 5.97 Å². The maximum atomic E-state index is 11.8. The van der Waals surface area contributed by atoms with Crippen molar-refractivity contribution in [2.45, 2.75) is 26.8 Å². The summed E-state index contributed by atoms with van der Waals surface area (Å²) in [6.07, 6.45) is 1.23. The number of aromatic carboxylic acids is 1. The standard InChI is InChI=1S/C10H14N2O3S/c1-4-16-10(15)8-7(9(13)14)5-11-12(8)6(2)3/h5-6H,4H2,1-3H3,(H,13,14). The highest BCUT2D eigenvalue weighted by atomic mass is 32.2. The van der Waals surface area contributed by atoms with Crippen LogP contribution in [0.5, 0.6) is 0 Å². The third kappa shape index (κ3) is 2.44. The SMILES string of the molecule is CCSC(=O)c1c(C(=O)O)cnn1C(C)C. The molecule has 0 radical (unpaired) electrons. The highest BCUT2D eigenvalue weighted by Gasteiger charge is 2.23. The molecule has 1 aromatic heterocycles. The maximum Gasteiger partial charge on any atom is 0.339 e. The Balaban J connectivity index is 3.24. The van der Waals surface area contributed by atoms with Crippen LogP contribution >= 0.6 is 11.8 Å². The molecule has 0 aromatic carbocycles. The van der Waals surface area contributed by atoms with Gasteiger partial charge in [0.25, 0.3) is 0 Å². The zero-order chi connectivity index (χ0) is 12.3. The van der Waals surface area contributed by atoms with Crippen molar-refractivity contribution in [3.05, 3.63) is 17.5 Å². The summed E-state index contributed by atoms with van der Waals surface area (Å²) < 4.78 is 1.45. The minimum Gasteiger partial charge on any atom is -0.478 e. The summed E-state index contributed by atoms with van der Waals surface area (Å²) in [5, 5.41) is 12.7. The van der Waals surface area contributed by atoms with Gasteiger partial charge in [0.15, 0.2) is 0 Å². The van der Waals surface area contributed by atoms with Crippen molar-refractivity contribution in [3.8, 4) is 0 Å². The Hall–Kier alpha value is -1.30. The molecular weight excluding hydrogens is 228 g/mol. The number of carbonyl (C=O) groups excluding carboxylic acids is 1. The van der Waals surface area contributed by atoms with Crippen LogP contribution in [0.1, 0.15) is 47.7 Å². The molecule has 0 aliphatic heterocycles. The summed E-state index contributed by atoms with van der Waals surface area (Å²) in [7, 11) is 0. The molecule has 0 amide bonds. The second kappa shape index (κ2) is 5.16. The number of thioether (sulfide) groups is 1. The van der Waals surface area contributed by atoms with Gasteiger partial charge in [0.1, 0.15) is 11.3 Å². The van der Waals surface area contributed by atoms with Gasteiger partial charge in [0.2, 0.25) is 5.12 Å². The zero-order valence-corrected chi connectivity index (χ0v) is 10.2. The van der Waals surface area contributed by atoms with Crippen LogP contribution in [0.4, 0.5) is 0 Å². The summed E-state index contributed by atoms with van der Waals surface area (Å²) in [4.78, 5) is 22.7. The first-order chi connectivity index (χ1) is 7.49. The molecule has 88 valence electrons. The van der Waals surface area contributed by atoms with Crippen LogP contribution in [0.2, 0.25) is 0 Å². The first-order valence-corrected chi connectivity index (χ1v) is 5.95. The third-order valence-electron chi connectivity index (χ3n) is 1.98. The fraction of sp³-hybridized carbons (Fsp3) is 0.500. The van der Waals surface area contributed by atoms with Gasteiger partial charge in [-0.15, -0.1) is 0 Å². The first-order valence-electron chi connectivity index (χ1n) is 4.97. The second-order valence-corrected chi connectivity index (χ2v) is 4.71. The molecule has 0 saturated heterocycles. The van der Waals surface area contributed by atoms with Gasteiger partial charge in [-0.2, -0.15) is 5.10 Å². The lowest BCUT2D eigenvalue weighted by atomic mass is 10.2. The van der Waals surface area contributed by atoms with Crippen LogP contribution in [0.25, 0.3) is 0 Å². The van der Waals surface area contributed by atoms with Crippen LogP contribution in [0.15, 0.2) is 6.20 Å². The van der Waals surface area contributed by atoms with Crippen molar-refractivity contribution in [3.63, 3.8) is 0 Å². The quantitative estimate of drug-likeness (QED) is 0.874. The van der Waals surface area contributed by atoms with Gasteiger partial charge < -0.3 is 5.11 Å². The van der Waals surface area contributed by atoms with Crippen LogP contribution < -0.4 is 0 Å². The maximum absolute atomic E-state index is 11.8. The fourth-order valence-corrected chi connectivity index (χ4v) is 1.92. The van der Waals surface area contributed by atoms with E-state index in [1.165, 1.54) is 10.9 Å². The Kier molecular flexibility index (Phi) is 4.12. The van der Waals surface area contributed by atoms with E-state index >= 15 is 0 Å². The van der Waals surface area contributed by atoms with Gasteiger partial charge in [0, 0.05) is 6.04 Å². The van der Waals surface area contributed by atoms with Gasteiger partial charge in [-0.3, -0.25) is 9.48 Å². The number of hydrogen-bond acceptors (Lipinski definition) is 4. The van der Waals surface area contributed by atoms with E-state index in [1.54, 1.807) is 0 Å². The molecule has 1 heterocycles. The van der Waals surface area contributed by atoms with Gasteiger partial charge in [-0.25, -0.2) is 4.79 Å². The largest absolute Gasteiger partial charge is 0.478 e. The first kappa shape index (κ1) is 12.8. The van der Waals surface area contributed by atoms with Crippen molar-refractivity contribution >= 4 is 22.8 Å². The van der Waals surface area contributed by atoms with Gasteiger partial charge in [0.05, 0.1) is 6.20 Å². The Morgan fingerprint density at radius 1 is 1.56 bits per heavy atom. The predicted molar refractivity (Wildman–Crippen MR) is 62.0 cm³/mol. The average Bonchev–Trinajstić information content (AvgIpc) is 2.61. The fourth-order valence-electron chi connectivity index (χ4n) is 1.31. The van der Waals surface area contributed by atoms with E-state index in [-0.39, 0.29) is 22.4 Å². The summed E-state index contributed by atoms with van der Waals surface area (Å²) in [6, 6.07) is -0.0375. The Morgan fingerprint density at radius 3 is 2.62 bits per heavy atom. The highest BCUT2D eigenvalue weighted by molar-refractivity contribution is 8.14. The average molecular weight is 242 g/mol. The molecule has 0 bridgehead atoms. The molecule has 1 aromatic rings. The van der Waals surface area contributed by atoms with E-state index in [1.807, 2.05) is 20.8 Å². The lowest BCUT2D eigenvalue weighted by molar-refractivity contribution is 0.0693. The van der Waals surface area contributed by atoms with E-state index in [0.29, 0.717) is 5.75 Å². The van der Waals surface area contributed by atoms with Crippen molar-refractivity contribution in [1.82, 2.24) is 9.78 Å². The third-order valence-corrected chi connectivity index (χ3v) is 2.73. The number of nitrogens with zero attached hydrogens (tertiary/aromatic N) is 2. The summed E-state index contributed by atoms with van der Waals surface area (Å²) in [5.74, 6) is -0.506. The molecule has 6 heteroatoms. The van der Waals surface area contributed by atoms with Crippen LogP contribution in [0, 0.1) is 0 Å². The van der Waals surface area contributed by atoms with Crippen molar-refractivity contribution in [2.75, 3.05) is 5.75 Å². The number of carboxylic acids is 1. The minimum atomic E-state index is -1.12. The van der Waals surface area contributed by atoms with Crippen molar-refractivity contribution in [2.24, 2.45) is 0 Å². The number of carboxylic acid groups (broad SMARTS) is 1. The number of hydrogen-bond donors (Lipinski definition) is 1. The van der Waals surface area contributed by atoms with Gasteiger partial charge in [-0.05, 0) is 19.6 Å². The predicted octanol–water partition coefficient (Wildman–Crippen LogP) is 2.06.